The third-order valence-electron chi connectivity index (χ3n) is 2.30. The summed E-state index contributed by atoms with van der Waals surface area (Å²) in [6, 6.07) is 0. The Labute approximate surface area is 93.2 Å². The molecule has 1 atom stereocenters. The van der Waals surface area contributed by atoms with E-state index in [1.807, 2.05) is 0 Å². The highest BCUT2D eigenvalue weighted by Crippen LogP contribution is 2.03. The van der Waals surface area contributed by atoms with E-state index in [1.165, 1.54) is 0 Å². The zero-order chi connectivity index (χ0) is 11.7. The van der Waals surface area contributed by atoms with Crippen molar-refractivity contribution in [1.82, 2.24) is 0 Å². The predicted octanol–water partition coefficient (Wildman–Crippen LogP) is 1.65. The number of rotatable bonds is 9. The second-order valence-electron chi connectivity index (χ2n) is 3.87. The van der Waals surface area contributed by atoms with Crippen molar-refractivity contribution in [3.8, 4) is 0 Å². The van der Waals surface area contributed by atoms with Gasteiger partial charge in [-0.3, -0.25) is 0 Å². The van der Waals surface area contributed by atoms with Crippen LogP contribution in [0.1, 0.15) is 46.0 Å². The average Bonchev–Trinajstić information content (AvgIpc) is 2.14. The summed E-state index contributed by atoms with van der Waals surface area (Å²) >= 11 is 0. The molecule has 0 aliphatic heterocycles. The number of hydrogen-bond donors (Lipinski definition) is 1. The predicted molar refractivity (Wildman–Crippen MR) is 62.1 cm³/mol. The van der Waals surface area contributed by atoms with Gasteiger partial charge in [0.15, 0.2) is 0 Å². The van der Waals surface area contributed by atoms with Crippen LogP contribution in [0.25, 0.3) is 0 Å². The van der Waals surface area contributed by atoms with E-state index in [4.69, 9.17) is 9.88 Å². The summed E-state index contributed by atoms with van der Waals surface area (Å²) in [6.07, 6.45) is 4.92. The van der Waals surface area contributed by atoms with Gasteiger partial charge in [0.2, 0.25) is 10.0 Å². The van der Waals surface area contributed by atoms with Gasteiger partial charge in [0.1, 0.15) is 0 Å². The fourth-order valence-corrected chi connectivity index (χ4v) is 1.77. The van der Waals surface area contributed by atoms with Crippen LogP contribution >= 0.6 is 0 Å². The first-order chi connectivity index (χ1) is 6.95. The van der Waals surface area contributed by atoms with Gasteiger partial charge in [-0.15, -0.1) is 0 Å². The lowest BCUT2D eigenvalue weighted by atomic mass is 10.2. The molecule has 0 aliphatic rings. The van der Waals surface area contributed by atoms with Gasteiger partial charge < -0.3 is 4.74 Å². The third kappa shape index (κ3) is 11.8. The summed E-state index contributed by atoms with van der Waals surface area (Å²) in [7, 11) is -3.27. The van der Waals surface area contributed by atoms with Gasteiger partial charge in [0, 0.05) is 6.61 Å². The van der Waals surface area contributed by atoms with Crippen LogP contribution in [-0.2, 0) is 14.8 Å². The van der Waals surface area contributed by atoms with Crippen molar-refractivity contribution in [2.45, 2.75) is 52.1 Å². The molecule has 0 saturated carbocycles. The first-order valence-corrected chi connectivity index (χ1v) is 7.29. The minimum Gasteiger partial charge on any atom is -0.379 e. The molecule has 0 aliphatic carbocycles. The van der Waals surface area contributed by atoms with Crippen molar-refractivity contribution in [3.05, 3.63) is 0 Å². The number of ether oxygens (including phenoxy) is 1. The standard InChI is InChI=1S/C10H23NO3S/c1-3-10(2)14-8-6-4-5-7-9-15(11,12)13/h10H,3-9H2,1-2H3,(H2,11,12,13). The van der Waals surface area contributed by atoms with E-state index >= 15 is 0 Å². The fourth-order valence-electron chi connectivity index (χ4n) is 1.16. The SMILES string of the molecule is CCC(C)OCCCCCCS(N)(=O)=O. The number of nitrogens with two attached hydrogens (primary N) is 1. The number of unbranched alkanes of at least 4 members (excludes halogenated alkanes) is 3. The lowest BCUT2D eigenvalue weighted by molar-refractivity contribution is 0.0608. The molecule has 0 aromatic rings. The molecule has 0 rings (SSSR count). The smallest absolute Gasteiger partial charge is 0.209 e. The van der Waals surface area contributed by atoms with Crippen molar-refractivity contribution in [2.75, 3.05) is 12.4 Å². The van der Waals surface area contributed by atoms with Crippen LogP contribution in [-0.4, -0.2) is 26.9 Å². The summed E-state index contributed by atoms with van der Waals surface area (Å²) in [4.78, 5) is 0. The molecule has 0 bridgehead atoms. The highest BCUT2D eigenvalue weighted by molar-refractivity contribution is 7.89. The number of primary sulfonamides is 1. The van der Waals surface area contributed by atoms with Gasteiger partial charge in [-0.25, -0.2) is 13.6 Å². The molecule has 92 valence electrons. The molecule has 0 heterocycles. The molecule has 1 unspecified atom stereocenters. The van der Waals surface area contributed by atoms with E-state index in [0.29, 0.717) is 12.5 Å². The maximum absolute atomic E-state index is 10.6. The third-order valence-corrected chi connectivity index (χ3v) is 3.16. The van der Waals surface area contributed by atoms with Gasteiger partial charge >= 0.3 is 0 Å². The molecule has 0 fully saturated rings. The van der Waals surface area contributed by atoms with Gasteiger partial charge in [0.05, 0.1) is 11.9 Å². The second-order valence-corrected chi connectivity index (χ2v) is 5.60. The molecule has 0 spiro atoms. The van der Waals surface area contributed by atoms with Crippen LogP contribution in [0.3, 0.4) is 0 Å². The Balaban J connectivity index is 3.19. The van der Waals surface area contributed by atoms with Crippen molar-refractivity contribution < 1.29 is 13.2 Å². The van der Waals surface area contributed by atoms with Crippen molar-refractivity contribution in [3.63, 3.8) is 0 Å². The minimum absolute atomic E-state index is 0.0964. The highest BCUT2D eigenvalue weighted by atomic mass is 32.2. The molecule has 0 amide bonds. The quantitative estimate of drug-likeness (QED) is 0.620. The van der Waals surface area contributed by atoms with E-state index in [0.717, 1.165) is 32.3 Å². The van der Waals surface area contributed by atoms with Crippen LogP contribution in [0.2, 0.25) is 0 Å². The Morgan fingerprint density at radius 2 is 1.80 bits per heavy atom. The summed E-state index contributed by atoms with van der Waals surface area (Å²) in [5.74, 6) is 0.0964. The number of sulfonamides is 1. The Hall–Kier alpha value is -0.130. The second kappa shape index (κ2) is 8.07. The molecule has 0 saturated heterocycles. The zero-order valence-electron chi connectivity index (χ0n) is 9.74. The monoisotopic (exact) mass is 237 g/mol. The van der Waals surface area contributed by atoms with Gasteiger partial charge in [-0.1, -0.05) is 19.8 Å². The summed E-state index contributed by atoms with van der Waals surface area (Å²) in [5.41, 5.74) is 0. The summed E-state index contributed by atoms with van der Waals surface area (Å²) in [5, 5.41) is 4.88. The molecule has 15 heavy (non-hydrogen) atoms. The molecule has 0 aromatic carbocycles. The van der Waals surface area contributed by atoms with E-state index < -0.39 is 10.0 Å². The van der Waals surface area contributed by atoms with E-state index in [1.54, 1.807) is 0 Å². The van der Waals surface area contributed by atoms with Crippen LogP contribution in [0.15, 0.2) is 0 Å². The molecular formula is C10H23NO3S. The Bertz CT molecular complexity index is 239. The molecule has 5 heteroatoms. The molecule has 0 radical (unpaired) electrons. The Kier molecular flexibility index (Phi) is 8.00. The van der Waals surface area contributed by atoms with Gasteiger partial charge in [-0.05, 0) is 26.2 Å². The summed E-state index contributed by atoms with van der Waals surface area (Å²) < 4.78 is 26.7. The molecule has 2 N–H and O–H groups in total. The Morgan fingerprint density at radius 1 is 1.20 bits per heavy atom. The van der Waals surface area contributed by atoms with E-state index in [2.05, 4.69) is 13.8 Å². The Morgan fingerprint density at radius 3 is 2.33 bits per heavy atom. The summed E-state index contributed by atoms with van der Waals surface area (Å²) in [6.45, 7) is 4.92. The topological polar surface area (TPSA) is 69.4 Å². The first-order valence-electron chi connectivity index (χ1n) is 5.57. The van der Waals surface area contributed by atoms with Crippen molar-refractivity contribution in [1.29, 1.82) is 0 Å². The van der Waals surface area contributed by atoms with Crippen LogP contribution in [0, 0.1) is 0 Å². The minimum atomic E-state index is -3.27. The van der Waals surface area contributed by atoms with E-state index in [9.17, 15) is 8.42 Å². The number of hydrogen-bond acceptors (Lipinski definition) is 3. The van der Waals surface area contributed by atoms with Crippen molar-refractivity contribution in [2.24, 2.45) is 5.14 Å². The fraction of sp³-hybridized carbons (Fsp3) is 1.00. The molecular weight excluding hydrogens is 214 g/mol. The molecule has 4 nitrogen and oxygen atoms in total. The van der Waals surface area contributed by atoms with Crippen LogP contribution < -0.4 is 5.14 Å². The van der Waals surface area contributed by atoms with Crippen LogP contribution in [0.5, 0.6) is 0 Å². The normalized spacial score (nSPS) is 14.1. The molecule has 0 aromatic heterocycles. The van der Waals surface area contributed by atoms with E-state index in [-0.39, 0.29) is 5.75 Å². The zero-order valence-corrected chi connectivity index (χ0v) is 10.6. The lowest BCUT2D eigenvalue weighted by Crippen LogP contribution is -2.16. The maximum Gasteiger partial charge on any atom is 0.209 e. The van der Waals surface area contributed by atoms with Crippen molar-refractivity contribution >= 4 is 10.0 Å². The average molecular weight is 237 g/mol. The lowest BCUT2D eigenvalue weighted by Gasteiger charge is -2.09. The largest absolute Gasteiger partial charge is 0.379 e. The van der Waals surface area contributed by atoms with Gasteiger partial charge in [-0.2, -0.15) is 0 Å². The maximum atomic E-state index is 10.6. The van der Waals surface area contributed by atoms with Gasteiger partial charge in [0.25, 0.3) is 0 Å². The van der Waals surface area contributed by atoms with Crippen LogP contribution in [0.4, 0.5) is 0 Å². The first kappa shape index (κ1) is 14.9. The highest BCUT2D eigenvalue weighted by Gasteiger charge is 2.01.